The van der Waals surface area contributed by atoms with E-state index in [0.717, 1.165) is 5.92 Å². The average molecular weight is 417 g/mol. The first-order valence-corrected chi connectivity index (χ1v) is 10.7. The predicted molar refractivity (Wildman–Crippen MR) is 95.2 cm³/mol. The van der Waals surface area contributed by atoms with Crippen LogP contribution in [0, 0.1) is 16.7 Å². The molecule has 116 valence electrons. The fourth-order valence-electron chi connectivity index (χ4n) is 3.40. The van der Waals surface area contributed by atoms with Crippen LogP contribution in [0.25, 0.3) is 0 Å². The quantitative estimate of drug-likeness (QED) is 0.316. The van der Waals surface area contributed by atoms with E-state index in [-0.39, 0.29) is 54.2 Å². The molecule has 0 aliphatic heterocycles. The Morgan fingerprint density at radius 3 is 1.28 bits per heavy atom. The number of hydrogen-bond acceptors (Lipinski definition) is 4. The molecule has 1 saturated carbocycles. The van der Waals surface area contributed by atoms with E-state index >= 15 is 0 Å². The molecule has 1 aliphatic rings. The molecule has 0 radical (unpaired) electrons. The maximum atomic E-state index is 4.34. The number of quaternary nitrogens is 2. The van der Waals surface area contributed by atoms with Gasteiger partial charge in [0.2, 0.25) is 0 Å². The van der Waals surface area contributed by atoms with Gasteiger partial charge in [0.1, 0.15) is 0 Å². The van der Waals surface area contributed by atoms with E-state index in [4.69, 9.17) is 0 Å². The van der Waals surface area contributed by atoms with Crippen LogP contribution in [-0.4, -0.2) is 0 Å². The van der Waals surface area contributed by atoms with Gasteiger partial charge in [-0.3, -0.25) is 0 Å². The first-order chi connectivity index (χ1) is 6.22. The third-order valence-corrected chi connectivity index (χ3v) is 2.76. The Bertz CT molecular complexity index is 213. The van der Waals surface area contributed by atoms with Crippen molar-refractivity contribution in [1.29, 1.82) is 0 Å². The molecular weight excluding hydrogens is 384 g/mol. The standard InChI is InChI=1S/C11H22.Mo.2H3N.2H2S.2S/c1-9-6-10(2,3)8-11(4,5)7-9;;;;;;;/h9H,6-8H2,1-5H3;;2*1H3;2*1H2;;. The Balaban J connectivity index is -0.0000000739. The van der Waals surface area contributed by atoms with Crippen LogP contribution in [0.1, 0.15) is 53.9 Å². The van der Waals surface area contributed by atoms with Gasteiger partial charge in [0.05, 0.1) is 0 Å². The summed E-state index contributed by atoms with van der Waals surface area (Å²) in [5, 5.41) is 0. The third kappa shape index (κ3) is 15.8. The summed E-state index contributed by atoms with van der Waals surface area (Å²) in [6.07, 6.45) is 4.22. The van der Waals surface area contributed by atoms with Gasteiger partial charge in [-0.2, -0.15) is 0 Å². The fourth-order valence-corrected chi connectivity index (χ4v) is 3.40. The van der Waals surface area contributed by atoms with E-state index in [2.05, 4.69) is 54.3 Å². The molecule has 0 aromatic heterocycles. The van der Waals surface area contributed by atoms with Crippen LogP contribution in [0.15, 0.2) is 0 Å². The van der Waals surface area contributed by atoms with Crippen molar-refractivity contribution in [1.82, 2.24) is 12.3 Å². The summed E-state index contributed by atoms with van der Waals surface area (Å²) in [6, 6.07) is 0. The van der Waals surface area contributed by atoms with Gasteiger partial charge in [-0.1, -0.05) is 34.6 Å². The number of thiol groups is 2. The SMILES string of the molecule is CC1CC(C)(C)CC(C)(C)C1.[NH4+].[NH4+].[SH-].[SH-].[S]=[Mo]=[S]. The minimum atomic E-state index is -0.363. The van der Waals surface area contributed by atoms with Crippen LogP contribution in [0.5, 0.6) is 0 Å². The third-order valence-electron chi connectivity index (χ3n) is 2.76. The molecule has 0 amide bonds. The Kier molecular flexibility index (Phi) is 24.3. The van der Waals surface area contributed by atoms with Gasteiger partial charge in [0.15, 0.2) is 0 Å². The van der Waals surface area contributed by atoms with Gasteiger partial charge >= 0.3 is 34.6 Å². The van der Waals surface area contributed by atoms with E-state index in [1.165, 1.54) is 19.3 Å². The molecule has 0 aromatic rings. The molecule has 0 spiro atoms. The van der Waals surface area contributed by atoms with E-state index in [0.29, 0.717) is 10.8 Å². The Hall–Kier alpha value is 1.75. The maximum absolute atomic E-state index is 4.34. The topological polar surface area (TPSA) is 73.0 Å². The molecule has 1 rings (SSSR count). The zero-order valence-electron chi connectivity index (χ0n) is 12.8. The second kappa shape index (κ2) is 13.7. The van der Waals surface area contributed by atoms with E-state index in [9.17, 15) is 0 Å². The zero-order chi connectivity index (χ0) is 11.4. The van der Waals surface area contributed by atoms with E-state index in [1.54, 1.807) is 0 Å². The predicted octanol–water partition coefficient (Wildman–Crippen LogP) is 5.36. The summed E-state index contributed by atoms with van der Waals surface area (Å²) in [5.74, 6) is 0.925. The molecule has 0 atom stereocenters. The Morgan fingerprint density at radius 1 is 0.889 bits per heavy atom. The van der Waals surface area contributed by atoms with E-state index in [1.807, 2.05) is 0 Å². The van der Waals surface area contributed by atoms with Gasteiger partial charge in [-0.25, -0.2) is 0 Å². The summed E-state index contributed by atoms with van der Waals surface area (Å²) >= 11 is -0.363. The molecule has 1 fully saturated rings. The van der Waals surface area contributed by atoms with Crippen LogP contribution in [-0.2, 0) is 41.9 Å². The van der Waals surface area contributed by atoms with Crippen LogP contribution < -0.4 is 12.3 Å². The molecule has 0 saturated heterocycles. The van der Waals surface area contributed by atoms with Crippen molar-refractivity contribution in [3.05, 3.63) is 0 Å². The van der Waals surface area contributed by atoms with Crippen LogP contribution in [0.3, 0.4) is 0 Å². The molecule has 0 heterocycles. The second-order valence-electron chi connectivity index (χ2n) is 6.09. The second-order valence-corrected chi connectivity index (χ2v) is 9.64. The zero-order valence-corrected chi connectivity index (χ0v) is 18.2. The first-order valence-electron chi connectivity index (χ1n) is 5.14. The van der Waals surface area contributed by atoms with Gasteiger partial charge in [-0.15, -0.1) is 0 Å². The fraction of sp³-hybridized carbons (Fsp3) is 1.00. The molecule has 8 N–H and O–H groups in total. The molecule has 7 heteroatoms. The molecule has 0 aromatic carbocycles. The van der Waals surface area contributed by atoms with Crippen LogP contribution >= 0.6 is 19.6 Å². The molecular formula is C11H32MoN2S4. The summed E-state index contributed by atoms with van der Waals surface area (Å²) in [5.41, 5.74) is 1.17. The van der Waals surface area contributed by atoms with E-state index < -0.39 is 0 Å². The molecule has 18 heavy (non-hydrogen) atoms. The summed E-state index contributed by atoms with van der Waals surface area (Å²) < 4.78 is 0. The van der Waals surface area contributed by atoms with Crippen molar-refractivity contribution in [2.24, 2.45) is 16.7 Å². The Morgan fingerprint density at radius 2 is 1.11 bits per heavy atom. The number of rotatable bonds is 0. The molecule has 0 bridgehead atoms. The van der Waals surface area contributed by atoms with Crippen LogP contribution in [0.4, 0.5) is 0 Å². The summed E-state index contributed by atoms with van der Waals surface area (Å²) in [6.45, 7) is 12.0. The van der Waals surface area contributed by atoms with Gasteiger partial charge in [0, 0.05) is 0 Å². The summed E-state index contributed by atoms with van der Waals surface area (Å²) in [4.78, 5) is 0. The molecule has 1 aliphatic carbocycles. The van der Waals surface area contributed by atoms with Gasteiger partial charge < -0.3 is 39.3 Å². The van der Waals surface area contributed by atoms with Crippen molar-refractivity contribution in [2.75, 3.05) is 0 Å². The first kappa shape index (κ1) is 31.9. The van der Waals surface area contributed by atoms with Gasteiger partial charge in [0.25, 0.3) is 0 Å². The minimum absolute atomic E-state index is 0. The van der Waals surface area contributed by atoms with Crippen molar-refractivity contribution in [3.8, 4) is 0 Å². The van der Waals surface area contributed by atoms with Gasteiger partial charge in [-0.05, 0) is 36.0 Å². The van der Waals surface area contributed by atoms with Crippen molar-refractivity contribution in [2.45, 2.75) is 53.9 Å². The van der Waals surface area contributed by atoms with Crippen LogP contribution in [0.2, 0.25) is 0 Å². The Labute approximate surface area is 143 Å². The normalized spacial score (nSPS) is 19.2. The molecule has 2 nitrogen and oxygen atoms in total. The summed E-state index contributed by atoms with van der Waals surface area (Å²) in [7, 11) is 8.68. The van der Waals surface area contributed by atoms with Crippen molar-refractivity contribution < 1.29 is 14.9 Å². The average Bonchev–Trinajstić information content (AvgIpc) is 1.77. The monoisotopic (exact) mass is 418 g/mol. The van der Waals surface area contributed by atoms with Crippen molar-refractivity contribution >= 4 is 46.6 Å². The molecule has 0 unspecified atom stereocenters. The number of hydrogen-bond donors (Lipinski definition) is 2. The van der Waals surface area contributed by atoms with Crippen molar-refractivity contribution in [3.63, 3.8) is 0 Å².